The first kappa shape index (κ1) is 63.8. The van der Waals surface area contributed by atoms with E-state index in [4.69, 9.17) is 5.73 Å². The summed E-state index contributed by atoms with van der Waals surface area (Å²) in [6.07, 6.45) is 10.5. The van der Waals surface area contributed by atoms with Gasteiger partial charge in [-0.15, -0.1) is 0 Å². The third kappa shape index (κ3) is 38.4. The maximum absolute atomic E-state index is 11.8. The molecule has 0 fully saturated rings. The van der Waals surface area contributed by atoms with Gasteiger partial charge < -0.3 is 42.4 Å². The SMILES string of the molecule is CC(C)CCCNC(=O)C(N)CCCNC(=O)CNC(C)C.CC(C)NCC=O.CCCCCNC(=O)CCCCNC.Cc1ccc(-c2ccccc2)cc1.Cc1ccc(-c2ccccc2)cc1. The summed E-state index contributed by atoms with van der Waals surface area (Å²) in [4.78, 5) is 44.1. The molecule has 11 heteroatoms. The van der Waals surface area contributed by atoms with Gasteiger partial charge in [0.05, 0.1) is 19.1 Å². The average molecular weight is 952 g/mol. The molecule has 3 amide bonds. The summed E-state index contributed by atoms with van der Waals surface area (Å²) in [5.74, 6) is 0.730. The average Bonchev–Trinajstić information content (AvgIpc) is 3.34. The molecule has 0 saturated carbocycles. The lowest BCUT2D eigenvalue weighted by molar-refractivity contribution is -0.122. The maximum atomic E-state index is 11.8. The van der Waals surface area contributed by atoms with Crippen molar-refractivity contribution in [3.8, 4) is 22.3 Å². The van der Waals surface area contributed by atoms with Crippen molar-refractivity contribution in [1.29, 1.82) is 0 Å². The zero-order valence-electron chi connectivity index (χ0n) is 44.3. The van der Waals surface area contributed by atoms with Crippen LogP contribution in [-0.4, -0.2) is 88.4 Å². The van der Waals surface area contributed by atoms with E-state index in [0.29, 0.717) is 63.4 Å². The lowest BCUT2D eigenvalue weighted by Gasteiger charge is -2.13. The zero-order valence-corrected chi connectivity index (χ0v) is 44.3. The zero-order chi connectivity index (χ0) is 51.5. The van der Waals surface area contributed by atoms with E-state index in [1.807, 2.05) is 46.9 Å². The van der Waals surface area contributed by atoms with Crippen molar-refractivity contribution in [2.45, 2.75) is 145 Å². The van der Waals surface area contributed by atoms with E-state index in [0.717, 1.165) is 51.5 Å². The Morgan fingerprint density at radius 2 is 0.986 bits per heavy atom. The van der Waals surface area contributed by atoms with Gasteiger partial charge in [0, 0.05) is 38.1 Å². The minimum atomic E-state index is -0.496. The van der Waals surface area contributed by atoms with Crippen LogP contribution in [0.3, 0.4) is 0 Å². The van der Waals surface area contributed by atoms with E-state index in [2.05, 4.69) is 164 Å². The Morgan fingerprint density at radius 1 is 0.536 bits per heavy atom. The molecule has 4 aromatic rings. The van der Waals surface area contributed by atoms with Crippen molar-refractivity contribution in [2.24, 2.45) is 11.7 Å². The van der Waals surface area contributed by atoms with Crippen LogP contribution in [-0.2, 0) is 19.2 Å². The summed E-state index contributed by atoms with van der Waals surface area (Å²) in [5, 5.41) is 17.6. The highest BCUT2D eigenvalue weighted by atomic mass is 16.2. The standard InChI is InChI=1S/C16H34N4O2.2C13H12.C11H24N2O.C5H11NO/c1-12(2)7-5-10-19-16(22)14(17)8-6-9-18-15(21)11-20-13(3)4;2*1-11-7-9-13(10-8-11)12-5-3-2-4-6-12;1-3-4-6-10-13-11(14)8-5-7-9-12-2;1-5(2)6-3-4-7/h12-14,20H,5-11,17H2,1-4H3,(H,18,21)(H,19,22);2*2-10H,1H3;12H,3-10H2,1-2H3,(H,13,14);4-6H,3H2,1-2H3. The van der Waals surface area contributed by atoms with Crippen molar-refractivity contribution in [3.05, 3.63) is 120 Å². The molecule has 4 rings (SSSR count). The van der Waals surface area contributed by atoms with Crippen molar-refractivity contribution in [2.75, 3.05) is 46.3 Å². The van der Waals surface area contributed by atoms with Gasteiger partial charge in [0.15, 0.2) is 0 Å². The lowest BCUT2D eigenvalue weighted by atomic mass is 10.0. The van der Waals surface area contributed by atoms with E-state index < -0.39 is 6.04 Å². The summed E-state index contributed by atoms with van der Waals surface area (Å²) in [6, 6.07) is 38.3. The number of hydrogen-bond donors (Lipinski definition) is 7. The van der Waals surface area contributed by atoms with Gasteiger partial charge >= 0.3 is 0 Å². The summed E-state index contributed by atoms with van der Waals surface area (Å²) in [5.41, 5.74) is 13.6. The molecule has 0 aliphatic carbocycles. The van der Waals surface area contributed by atoms with Gasteiger partial charge in [-0.25, -0.2) is 0 Å². The van der Waals surface area contributed by atoms with Gasteiger partial charge in [-0.1, -0.05) is 182 Å². The molecule has 0 bridgehead atoms. The van der Waals surface area contributed by atoms with Crippen LogP contribution in [0.5, 0.6) is 0 Å². The highest BCUT2D eigenvalue weighted by Crippen LogP contribution is 2.19. The van der Waals surface area contributed by atoms with Gasteiger partial charge in [-0.05, 0) is 101 Å². The molecule has 69 heavy (non-hydrogen) atoms. The van der Waals surface area contributed by atoms with Crippen LogP contribution >= 0.6 is 0 Å². The van der Waals surface area contributed by atoms with Gasteiger partial charge in [0.1, 0.15) is 6.29 Å². The third-order valence-corrected chi connectivity index (χ3v) is 10.4. The van der Waals surface area contributed by atoms with E-state index in [9.17, 15) is 19.2 Å². The Hall–Kier alpha value is -5.20. The number of amides is 3. The molecule has 8 N–H and O–H groups in total. The normalized spacial score (nSPS) is 10.8. The Bertz CT molecular complexity index is 1740. The summed E-state index contributed by atoms with van der Waals surface area (Å²) in [7, 11) is 1.94. The van der Waals surface area contributed by atoms with Crippen molar-refractivity contribution >= 4 is 24.0 Å². The van der Waals surface area contributed by atoms with Crippen LogP contribution in [0.15, 0.2) is 109 Å². The van der Waals surface area contributed by atoms with E-state index in [-0.39, 0.29) is 17.7 Å². The molecule has 384 valence electrons. The summed E-state index contributed by atoms with van der Waals surface area (Å²) in [6.45, 7) is 22.6. The molecule has 0 aliphatic heterocycles. The molecular weight excluding hydrogens is 859 g/mol. The van der Waals surface area contributed by atoms with Gasteiger partial charge in [0.2, 0.25) is 17.7 Å². The van der Waals surface area contributed by atoms with E-state index >= 15 is 0 Å². The number of benzene rings is 4. The fourth-order valence-electron chi connectivity index (χ4n) is 6.21. The monoisotopic (exact) mass is 952 g/mol. The minimum Gasteiger partial charge on any atom is -0.356 e. The maximum Gasteiger partial charge on any atom is 0.236 e. The lowest BCUT2D eigenvalue weighted by Crippen LogP contribution is -2.42. The first-order valence-electron chi connectivity index (χ1n) is 25.5. The molecule has 0 heterocycles. The highest BCUT2D eigenvalue weighted by Gasteiger charge is 2.12. The first-order valence-corrected chi connectivity index (χ1v) is 25.5. The first-order chi connectivity index (χ1) is 33.1. The largest absolute Gasteiger partial charge is 0.356 e. The number of nitrogens with two attached hydrogens (primary N) is 1. The predicted molar refractivity (Wildman–Crippen MR) is 293 cm³/mol. The fraction of sp³-hybridized carbons (Fsp3) is 0.517. The van der Waals surface area contributed by atoms with Crippen molar-refractivity contribution < 1.29 is 19.2 Å². The van der Waals surface area contributed by atoms with Crippen molar-refractivity contribution in [3.63, 3.8) is 0 Å². The van der Waals surface area contributed by atoms with Crippen molar-refractivity contribution in [1.82, 2.24) is 31.9 Å². The van der Waals surface area contributed by atoms with E-state index in [1.165, 1.54) is 46.2 Å². The Balaban J connectivity index is 0.000000870. The second-order valence-electron chi connectivity index (χ2n) is 18.3. The number of aldehydes is 1. The molecule has 0 aromatic heterocycles. The van der Waals surface area contributed by atoms with Crippen LogP contribution in [0.4, 0.5) is 0 Å². The number of nitrogens with one attached hydrogen (secondary N) is 6. The van der Waals surface area contributed by atoms with Crippen LogP contribution < -0.4 is 37.6 Å². The molecule has 1 atom stereocenters. The third-order valence-electron chi connectivity index (χ3n) is 10.4. The second-order valence-corrected chi connectivity index (χ2v) is 18.3. The fourth-order valence-corrected chi connectivity index (χ4v) is 6.21. The Morgan fingerprint density at radius 3 is 1.43 bits per heavy atom. The van der Waals surface area contributed by atoms with Crippen LogP contribution in [0.2, 0.25) is 0 Å². The number of unbranched alkanes of at least 4 members (excludes halogenated alkanes) is 3. The van der Waals surface area contributed by atoms with Crippen LogP contribution in [0, 0.1) is 19.8 Å². The number of hydrogen-bond acceptors (Lipinski definition) is 8. The second kappa shape index (κ2) is 42.9. The predicted octanol–water partition coefficient (Wildman–Crippen LogP) is 9.95. The number of carbonyl (C=O) groups is 4. The topological polar surface area (TPSA) is 166 Å². The quantitative estimate of drug-likeness (QED) is 0.0241. The molecule has 0 spiro atoms. The number of aryl methyl sites for hydroxylation is 2. The number of carbonyl (C=O) groups excluding carboxylic acids is 4. The highest BCUT2D eigenvalue weighted by molar-refractivity contribution is 5.81. The Labute approximate surface area is 418 Å². The molecule has 1 unspecified atom stereocenters. The summed E-state index contributed by atoms with van der Waals surface area (Å²) < 4.78 is 0. The van der Waals surface area contributed by atoms with Crippen LogP contribution in [0.1, 0.15) is 124 Å². The van der Waals surface area contributed by atoms with Gasteiger partial charge in [-0.3, -0.25) is 14.4 Å². The molecule has 0 radical (unpaired) electrons. The number of rotatable bonds is 26. The molecule has 0 saturated heterocycles. The molecular formula is C58H93N7O4. The minimum absolute atomic E-state index is 0.0274. The van der Waals surface area contributed by atoms with Crippen LogP contribution in [0.25, 0.3) is 22.3 Å². The molecule has 0 aliphatic rings. The van der Waals surface area contributed by atoms with Gasteiger partial charge in [-0.2, -0.15) is 0 Å². The van der Waals surface area contributed by atoms with Gasteiger partial charge in [0.25, 0.3) is 0 Å². The van der Waals surface area contributed by atoms with E-state index in [1.54, 1.807) is 0 Å². The summed E-state index contributed by atoms with van der Waals surface area (Å²) >= 11 is 0. The Kier molecular flexibility index (Phi) is 39.6. The smallest absolute Gasteiger partial charge is 0.236 e. The molecule has 11 nitrogen and oxygen atoms in total. The molecule has 4 aromatic carbocycles.